The summed E-state index contributed by atoms with van der Waals surface area (Å²) in [5.41, 5.74) is 0. The summed E-state index contributed by atoms with van der Waals surface area (Å²) in [6, 6.07) is 0. The normalized spacial score (nSPS) is 10.9. The van der Waals surface area contributed by atoms with E-state index in [2.05, 4.69) is 17.8 Å². The van der Waals surface area contributed by atoms with Gasteiger partial charge in [0, 0.05) is 18.8 Å². The van der Waals surface area contributed by atoms with E-state index in [4.69, 9.17) is 6.42 Å². The Bertz CT molecular complexity index is 161. The van der Waals surface area contributed by atoms with Crippen molar-refractivity contribution in [1.29, 1.82) is 0 Å². The van der Waals surface area contributed by atoms with Gasteiger partial charge in [-0.15, -0.1) is 18.3 Å². The lowest BCUT2D eigenvalue weighted by molar-refractivity contribution is 0.754. The third kappa shape index (κ3) is 5.26. The van der Waals surface area contributed by atoms with Crippen LogP contribution < -0.4 is 0 Å². The highest BCUT2D eigenvalue weighted by molar-refractivity contribution is 5.10. The lowest BCUT2D eigenvalue weighted by Crippen LogP contribution is -1.87. The molecular formula is C10H13. The van der Waals surface area contributed by atoms with Gasteiger partial charge in [-0.25, -0.2) is 0 Å². The Labute approximate surface area is 64.0 Å². The molecule has 1 radical (unpaired) electrons. The van der Waals surface area contributed by atoms with Gasteiger partial charge >= 0.3 is 0 Å². The molecule has 1 atom stereocenters. The van der Waals surface area contributed by atoms with E-state index in [1.54, 1.807) is 0 Å². The summed E-state index contributed by atoms with van der Waals surface area (Å²) in [6.45, 7) is 4.05. The fourth-order valence-corrected chi connectivity index (χ4v) is 0.478. The summed E-state index contributed by atoms with van der Waals surface area (Å²) >= 11 is 0. The quantitative estimate of drug-likeness (QED) is 0.507. The minimum absolute atomic E-state index is 0.325. The molecule has 0 bridgehead atoms. The summed E-state index contributed by atoms with van der Waals surface area (Å²) in [6.07, 6.45) is 8.93. The van der Waals surface area contributed by atoms with E-state index in [1.807, 2.05) is 20.3 Å². The average molecular weight is 133 g/mol. The third-order valence-electron chi connectivity index (χ3n) is 1.14. The van der Waals surface area contributed by atoms with E-state index >= 15 is 0 Å². The first-order valence-corrected chi connectivity index (χ1v) is 3.57. The summed E-state index contributed by atoms with van der Waals surface area (Å²) < 4.78 is 0. The molecule has 0 aliphatic heterocycles. The lowest BCUT2D eigenvalue weighted by atomic mass is 10.1. The molecule has 0 nitrogen and oxygen atoms in total. The largest absolute Gasteiger partial charge is 0.120 e. The Morgan fingerprint density at radius 1 is 1.60 bits per heavy atom. The van der Waals surface area contributed by atoms with Gasteiger partial charge in [0.15, 0.2) is 0 Å². The molecule has 0 rings (SSSR count). The van der Waals surface area contributed by atoms with Crippen molar-refractivity contribution < 1.29 is 0 Å². The van der Waals surface area contributed by atoms with Crippen LogP contribution in [0.5, 0.6) is 0 Å². The molecule has 0 aliphatic rings. The molecule has 0 saturated heterocycles. The predicted octanol–water partition coefficient (Wildman–Crippen LogP) is 2.26. The molecule has 0 aromatic carbocycles. The first kappa shape index (κ1) is 9.12. The summed E-state index contributed by atoms with van der Waals surface area (Å²) in [4.78, 5) is 0. The zero-order chi connectivity index (χ0) is 7.82. The van der Waals surface area contributed by atoms with Gasteiger partial charge < -0.3 is 0 Å². The van der Waals surface area contributed by atoms with Crippen LogP contribution in [0.15, 0.2) is 0 Å². The molecular weight excluding hydrogens is 120 g/mol. The van der Waals surface area contributed by atoms with Crippen molar-refractivity contribution in [2.24, 2.45) is 5.92 Å². The van der Waals surface area contributed by atoms with Crippen molar-refractivity contribution in [3.05, 3.63) is 6.42 Å². The van der Waals surface area contributed by atoms with E-state index in [9.17, 15) is 0 Å². The number of hydrogen-bond acceptors (Lipinski definition) is 0. The Morgan fingerprint density at radius 2 is 2.30 bits per heavy atom. The molecule has 0 aromatic heterocycles. The van der Waals surface area contributed by atoms with Gasteiger partial charge in [0.25, 0.3) is 0 Å². The van der Waals surface area contributed by atoms with E-state index < -0.39 is 0 Å². The van der Waals surface area contributed by atoms with E-state index in [1.165, 1.54) is 0 Å². The second kappa shape index (κ2) is 6.24. The molecule has 0 heterocycles. The van der Waals surface area contributed by atoms with Crippen LogP contribution in [0.1, 0.15) is 26.7 Å². The summed E-state index contributed by atoms with van der Waals surface area (Å²) in [5.74, 6) is 8.85. The van der Waals surface area contributed by atoms with Crippen LogP contribution in [0.4, 0.5) is 0 Å². The number of terminal acetylenes is 1. The summed E-state index contributed by atoms with van der Waals surface area (Å²) in [7, 11) is 0. The molecule has 1 unspecified atom stereocenters. The molecule has 0 fully saturated rings. The van der Waals surface area contributed by atoms with Gasteiger partial charge in [-0.2, -0.15) is 0 Å². The number of rotatable bonds is 2. The highest BCUT2D eigenvalue weighted by Gasteiger charge is 1.92. The molecule has 0 amide bonds. The topological polar surface area (TPSA) is 0 Å². The number of hydrogen-bond donors (Lipinski definition) is 0. The monoisotopic (exact) mass is 133 g/mol. The Hall–Kier alpha value is -0.880. The zero-order valence-corrected chi connectivity index (χ0v) is 6.65. The Morgan fingerprint density at radius 3 is 2.80 bits per heavy atom. The maximum absolute atomic E-state index is 5.17. The molecule has 0 aromatic rings. The maximum Gasteiger partial charge on any atom is 0.0352 e. The van der Waals surface area contributed by atoms with E-state index in [0.717, 1.165) is 12.8 Å². The fourth-order valence-electron chi connectivity index (χ4n) is 0.478. The van der Waals surface area contributed by atoms with Crippen molar-refractivity contribution in [2.75, 3.05) is 0 Å². The molecule has 53 valence electrons. The Kier molecular flexibility index (Phi) is 5.69. The molecule has 10 heavy (non-hydrogen) atoms. The van der Waals surface area contributed by atoms with Crippen LogP contribution >= 0.6 is 0 Å². The fraction of sp³-hybridized carbons (Fsp3) is 0.500. The minimum atomic E-state index is 0.325. The second-order valence-electron chi connectivity index (χ2n) is 2.18. The smallest absolute Gasteiger partial charge is 0.0352 e. The highest BCUT2D eigenvalue weighted by atomic mass is 13.9. The van der Waals surface area contributed by atoms with Gasteiger partial charge in [0.05, 0.1) is 0 Å². The van der Waals surface area contributed by atoms with Crippen molar-refractivity contribution in [1.82, 2.24) is 0 Å². The molecule has 0 N–H and O–H groups in total. The van der Waals surface area contributed by atoms with Gasteiger partial charge in [-0.3, -0.25) is 0 Å². The van der Waals surface area contributed by atoms with Gasteiger partial charge in [0.1, 0.15) is 0 Å². The van der Waals surface area contributed by atoms with Crippen LogP contribution in [0, 0.1) is 36.5 Å². The van der Waals surface area contributed by atoms with Gasteiger partial charge in [-0.1, -0.05) is 19.8 Å². The standard InChI is InChI=1S/C10H13/c1-4-6-7-8-9-10(3)5-2/h2,8,10H,4,9H2,1,3H3. The average Bonchev–Trinajstić information content (AvgIpc) is 1.98. The molecule has 0 saturated carbocycles. The minimum Gasteiger partial charge on any atom is -0.120 e. The molecule has 0 heteroatoms. The van der Waals surface area contributed by atoms with Crippen molar-refractivity contribution in [3.63, 3.8) is 0 Å². The predicted molar refractivity (Wildman–Crippen MR) is 45.0 cm³/mol. The first-order valence-electron chi connectivity index (χ1n) is 3.57. The maximum atomic E-state index is 5.17. The first-order chi connectivity index (χ1) is 4.81. The SMILES string of the molecule is C#CC(C)C[CH]C#CCC. The third-order valence-corrected chi connectivity index (χ3v) is 1.14. The second-order valence-corrected chi connectivity index (χ2v) is 2.18. The van der Waals surface area contributed by atoms with Crippen molar-refractivity contribution in [2.45, 2.75) is 26.7 Å². The lowest BCUT2D eigenvalue weighted by Gasteiger charge is -1.95. The van der Waals surface area contributed by atoms with Gasteiger partial charge in [0.2, 0.25) is 0 Å². The zero-order valence-electron chi connectivity index (χ0n) is 6.65. The van der Waals surface area contributed by atoms with E-state index in [-0.39, 0.29) is 0 Å². The van der Waals surface area contributed by atoms with E-state index in [0.29, 0.717) is 5.92 Å². The van der Waals surface area contributed by atoms with Crippen LogP contribution in [0.25, 0.3) is 0 Å². The van der Waals surface area contributed by atoms with Crippen LogP contribution in [-0.4, -0.2) is 0 Å². The van der Waals surface area contributed by atoms with Crippen LogP contribution in [0.3, 0.4) is 0 Å². The molecule has 0 aliphatic carbocycles. The molecule has 0 spiro atoms. The Balaban J connectivity index is 3.29. The highest BCUT2D eigenvalue weighted by Crippen LogP contribution is 2.00. The van der Waals surface area contributed by atoms with Crippen LogP contribution in [0.2, 0.25) is 0 Å². The van der Waals surface area contributed by atoms with Gasteiger partial charge in [-0.05, 0) is 6.42 Å². The van der Waals surface area contributed by atoms with Crippen LogP contribution in [-0.2, 0) is 0 Å². The van der Waals surface area contributed by atoms with Crippen molar-refractivity contribution in [3.8, 4) is 24.2 Å². The summed E-state index contributed by atoms with van der Waals surface area (Å²) in [5, 5.41) is 0. The van der Waals surface area contributed by atoms with Crippen molar-refractivity contribution >= 4 is 0 Å².